The van der Waals surface area contributed by atoms with Gasteiger partial charge in [-0.15, -0.1) is 0 Å². The highest BCUT2D eigenvalue weighted by molar-refractivity contribution is 5.72. The third kappa shape index (κ3) is 3.68. The van der Waals surface area contributed by atoms with E-state index in [1.54, 1.807) is 0 Å². The largest absolute Gasteiger partial charge is 0.497 e. The van der Waals surface area contributed by atoms with Gasteiger partial charge in [-0.2, -0.15) is 0 Å². The minimum Gasteiger partial charge on any atom is -0.497 e. The molecule has 100 valence electrons. The predicted molar refractivity (Wildman–Crippen MR) is 62.6 cm³/mol. The van der Waals surface area contributed by atoms with Crippen molar-refractivity contribution in [2.45, 2.75) is 19.1 Å². The first kappa shape index (κ1) is 14.4. The number of ether oxygens (including phenoxy) is 1. The maximum absolute atomic E-state index is 13.5. The molecule has 5 nitrogen and oxygen atoms in total. The SMILES string of the molecule is COc1ccc(F)c(C(O)C(O)CNC(C)=O)c1. The lowest BCUT2D eigenvalue weighted by Crippen LogP contribution is -2.34. The summed E-state index contributed by atoms with van der Waals surface area (Å²) >= 11 is 0. The third-order valence-corrected chi connectivity index (χ3v) is 2.45. The van der Waals surface area contributed by atoms with Crippen LogP contribution in [0.25, 0.3) is 0 Å². The van der Waals surface area contributed by atoms with Gasteiger partial charge in [0.25, 0.3) is 0 Å². The molecule has 2 unspecified atom stereocenters. The minimum absolute atomic E-state index is 0.0767. The molecule has 6 heteroatoms. The molecule has 1 rings (SSSR count). The number of rotatable bonds is 5. The number of hydrogen-bond donors (Lipinski definition) is 3. The highest BCUT2D eigenvalue weighted by Gasteiger charge is 2.22. The van der Waals surface area contributed by atoms with Crippen LogP contribution in [0.5, 0.6) is 5.75 Å². The van der Waals surface area contributed by atoms with Crippen LogP contribution in [-0.2, 0) is 4.79 Å². The smallest absolute Gasteiger partial charge is 0.216 e. The highest BCUT2D eigenvalue weighted by Crippen LogP contribution is 2.24. The summed E-state index contributed by atoms with van der Waals surface area (Å²) in [5.74, 6) is -0.616. The summed E-state index contributed by atoms with van der Waals surface area (Å²) in [6.45, 7) is 1.12. The highest BCUT2D eigenvalue weighted by atomic mass is 19.1. The van der Waals surface area contributed by atoms with Crippen molar-refractivity contribution in [2.24, 2.45) is 0 Å². The van der Waals surface area contributed by atoms with E-state index < -0.39 is 18.0 Å². The van der Waals surface area contributed by atoms with Crippen LogP contribution in [0, 0.1) is 5.82 Å². The third-order valence-electron chi connectivity index (χ3n) is 2.45. The second kappa shape index (κ2) is 6.32. The van der Waals surface area contributed by atoms with Crippen LogP contribution in [0.3, 0.4) is 0 Å². The lowest BCUT2D eigenvalue weighted by atomic mass is 10.0. The second-order valence-electron chi connectivity index (χ2n) is 3.84. The number of aliphatic hydroxyl groups excluding tert-OH is 2. The maximum atomic E-state index is 13.5. The Morgan fingerprint density at radius 3 is 2.72 bits per heavy atom. The Morgan fingerprint density at radius 2 is 2.17 bits per heavy atom. The molecule has 0 aliphatic rings. The van der Waals surface area contributed by atoms with Gasteiger partial charge in [-0.3, -0.25) is 4.79 Å². The molecular formula is C12H16FNO4. The van der Waals surface area contributed by atoms with Gasteiger partial charge in [0.1, 0.15) is 23.8 Å². The van der Waals surface area contributed by atoms with E-state index in [2.05, 4.69) is 5.32 Å². The summed E-state index contributed by atoms with van der Waals surface area (Å²) in [6.07, 6.45) is -2.73. The number of aliphatic hydroxyl groups is 2. The van der Waals surface area contributed by atoms with E-state index >= 15 is 0 Å². The number of hydrogen-bond acceptors (Lipinski definition) is 4. The summed E-state index contributed by atoms with van der Waals surface area (Å²) in [5, 5.41) is 21.8. The molecule has 0 aliphatic carbocycles. The van der Waals surface area contributed by atoms with Crippen LogP contribution in [0.15, 0.2) is 18.2 Å². The van der Waals surface area contributed by atoms with Crippen molar-refractivity contribution in [2.75, 3.05) is 13.7 Å². The topological polar surface area (TPSA) is 78.8 Å². The number of halogens is 1. The number of carbonyl (C=O) groups excluding carboxylic acids is 1. The van der Waals surface area contributed by atoms with E-state index in [1.165, 1.54) is 26.2 Å². The van der Waals surface area contributed by atoms with Crippen molar-refractivity contribution in [3.8, 4) is 5.75 Å². The van der Waals surface area contributed by atoms with Gasteiger partial charge in [-0.1, -0.05) is 0 Å². The van der Waals surface area contributed by atoms with Gasteiger partial charge in [0.15, 0.2) is 0 Å². The first-order valence-corrected chi connectivity index (χ1v) is 5.39. The summed E-state index contributed by atoms with van der Waals surface area (Å²) in [4.78, 5) is 10.7. The molecule has 0 bridgehead atoms. The van der Waals surface area contributed by atoms with Gasteiger partial charge < -0.3 is 20.3 Å². The average molecular weight is 257 g/mol. The number of methoxy groups -OCH3 is 1. The molecule has 0 spiro atoms. The second-order valence-corrected chi connectivity index (χ2v) is 3.84. The Balaban J connectivity index is 2.81. The zero-order chi connectivity index (χ0) is 13.7. The van der Waals surface area contributed by atoms with Crippen molar-refractivity contribution in [3.63, 3.8) is 0 Å². The number of nitrogens with one attached hydrogen (secondary N) is 1. The van der Waals surface area contributed by atoms with Gasteiger partial charge in [0.2, 0.25) is 5.91 Å². The van der Waals surface area contributed by atoms with E-state index in [1.807, 2.05) is 0 Å². The Morgan fingerprint density at radius 1 is 1.50 bits per heavy atom. The monoisotopic (exact) mass is 257 g/mol. The molecule has 3 N–H and O–H groups in total. The minimum atomic E-state index is -1.44. The van der Waals surface area contributed by atoms with Crippen molar-refractivity contribution >= 4 is 5.91 Å². The van der Waals surface area contributed by atoms with E-state index in [9.17, 15) is 19.4 Å². The summed E-state index contributed by atoms with van der Waals surface area (Å²) < 4.78 is 18.4. The van der Waals surface area contributed by atoms with Crippen molar-refractivity contribution in [1.82, 2.24) is 5.32 Å². The molecule has 0 aliphatic heterocycles. The zero-order valence-corrected chi connectivity index (χ0v) is 10.2. The molecule has 0 aromatic heterocycles. The lowest BCUT2D eigenvalue weighted by Gasteiger charge is -2.19. The van der Waals surface area contributed by atoms with Crippen LogP contribution in [0.4, 0.5) is 4.39 Å². The van der Waals surface area contributed by atoms with Crippen molar-refractivity contribution in [3.05, 3.63) is 29.6 Å². The van der Waals surface area contributed by atoms with Crippen LogP contribution in [0.1, 0.15) is 18.6 Å². The summed E-state index contributed by atoms with van der Waals surface area (Å²) in [7, 11) is 1.41. The fraction of sp³-hybridized carbons (Fsp3) is 0.417. The molecule has 2 atom stereocenters. The zero-order valence-electron chi connectivity index (χ0n) is 10.2. The van der Waals surface area contributed by atoms with E-state index in [4.69, 9.17) is 4.74 Å². The quantitative estimate of drug-likeness (QED) is 0.712. The fourth-order valence-corrected chi connectivity index (χ4v) is 1.44. The number of benzene rings is 1. The van der Waals surface area contributed by atoms with E-state index in [0.717, 1.165) is 6.07 Å². The summed E-state index contributed by atoms with van der Waals surface area (Å²) in [6, 6.07) is 3.85. The van der Waals surface area contributed by atoms with Gasteiger partial charge >= 0.3 is 0 Å². The Hall–Kier alpha value is -1.66. The molecule has 0 fully saturated rings. The van der Waals surface area contributed by atoms with E-state index in [-0.39, 0.29) is 18.0 Å². The molecule has 1 amide bonds. The standard InChI is InChI=1S/C12H16FNO4/c1-7(15)14-6-11(16)12(17)9-5-8(18-2)3-4-10(9)13/h3-5,11-12,16-17H,6H2,1-2H3,(H,14,15). The van der Waals surface area contributed by atoms with Crippen LogP contribution >= 0.6 is 0 Å². The molecular weight excluding hydrogens is 241 g/mol. The number of amides is 1. The first-order valence-electron chi connectivity index (χ1n) is 5.39. The van der Waals surface area contributed by atoms with Gasteiger partial charge in [-0.25, -0.2) is 4.39 Å². The molecule has 0 radical (unpaired) electrons. The predicted octanol–water partition coefficient (Wildman–Crippen LogP) is 0.365. The lowest BCUT2D eigenvalue weighted by molar-refractivity contribution is -0.119. The van der Waals surface area contributed by atoms with E-state index in [0.29, 0.717) is 5.75 Å². The molecule has 0 heterocycles. The fourth-order valence-electron chi connectivity index (χ4n) is 1.44. The normalized spacial score (nSPS) is 13.8. The molecule has 0 saturated heterocycles. The maximum Gasteiger partial charge on any atom is 0.216 e. The Labute approximate surface area is 104 Å². The Kier molecular flexibility index (Phi) is 5.06. The van der Waals surface area contributed by atoms with Crippen LogP contribution in [0.2, 0.25) is 0 Å². The molecule has 1 aromatic carbocycles. The molecule has 18 heavy (non-hydrogen) atoms. The van der Waals surface area contributed by atoms with Gasteiger partial charge in [0, 0.05) is 19.0 Å². The van der Waals surface area contributed by atoms with Crippen molar-refractivity contribution in [1.29, 1.82) is 0 Å². The Bertz CT molecular complexity index is 425. The van der Waals surface area contributed by atoms with Gasteiger partial charge in [-0.05, 0) is 18.2 Å². The average Bonchev–Trinajstić information content (AvgIpc) is 2.35. The summed E-state index contributed by atoms with van der Waals surface area (Å²) in [5.41, 5.74) is -0.0767. The molecule has 1 aromatic rings. The van der Waals surface area contributed by atoms with Crippen LogP contribution < -0.4 is 10.1 Å². The van der Waals surface area contributed by atoms with Gasteiger partial charge in [0.05, 0.1) is 7.11 Å². The number of carbonyl (C=O) groups is 1. The van der Waals surface area contributed by atoms with Crippen molar-refractivity contribution < 1.29 is 24.1 Å². The van der Waals surface area contributed by atoms with Crippen LogP contribution in [-0.4, -0.2) is 35.9 Å². The molecule has 0 saturated carbocycles. The first-order chi connectivity index (χ1) is 8.45.